The third kappa shape index (κ3) is 6.29. The number of hydrogen-bond acceptors (Lipinski definition) is 6. The Labute approximate surface area is 176 Å². The van der Waals surface area contributed by atoms with Crippen molar-refractivity contribution in [3.63, 3.8) is 0 Å². The number of nitrogens with one attached hydrogen (secondary N) is 2. The number of carbonyl (C=O) groups is 3. The number of carboxylic acid groups (broad SMARTS) is 1. The summed E-state index contributed by atoms with van der Waals surface area (Å²) in [4.78, 5) is 38.5. The van der Waals surface area contributed by atoms with Crippen LogP contribution in [0.25, 0.3) is 0 Å². The lowest BCUT2D eigenvalue weighted by atomic mass is 9.92. The fourth-order valence-corrected chi connectivity index (χ4v) is 4.31. The summed E-state index contributed by atoms with van der Waals surface area (Å²) < 4.78 is 5.17. The molecule has 3 heterocycles. The van der Waals surface area contributed by atoms with E-state index in [4.69, 9.17) is 4.52 Å². The first-order valence-corrected chi connectivity index (χ1v) is 10.9. The van der Waals surface area contributed by atoms with E-state index in [1.165, 1.54) is 0 Å². The van der Waals surface area contributed by atoms with Gasteiger partial charge in [0.2, 0.25) is 11.8 Å². The molecule has 0 aliphatic carbocycles. The molecule has 0 unspecified atom stereocenters. The van der Waals surface area contributed by atoms with Crippen molar-refractivity contribution < 1.29 is 24.0 Å². The average molecular weight is 421 g/mol. The highest BCUT2D eigenvalue weighted by Gasteiger charge is 2.31. The monoisotopic (exact) mass is 420 g/mol. The Morgan fingerprint density at radius 2 is 2.10 bits per heavy atom. The Morgan fingerprint density at radius 1 is 1.33 bits per heavy atom. The lowest BCUT2D eigenvalue weighted by Crippen LogP contribution is -2.46. The van der Waals surface area contributed by atoms with Gasteiger partial charge in [-0.05, 0) is 58.0 Å². The molecular weight excluding hydrogens is 388 g/mol. The lowest BCUT2D eigenvalue weighted by molar-refractivity contribution is -0.138. The van der Waals surface area contributed by atoms with E-state index in [9.17, 15) is 19.5 Å². The largest absolute Gasteiger partial charge is 0.481 e. The van der Waals surface area contributed by atoms with Crippen LogP contribution in [0, 0.1) is 18.8 Å². The van der Waals surface area contributed by atoms with Crippen molar-refractivity contribution in [2.24, 2.45) is 11.8 Å². The minimum Gasteiger partial charge on any atom is -0.481 e. The second kappa shape index (κ2) is 10.6. The Bertz CT molecular complexity index is 744. The van der Waals surface area contributed by atoms with E-state index in [1.54, 1.807) is 17.9 Å². The summed E-state index contributed by atoms with van der Waals surface area (Å²) >= 11 is 0. The Hall–Kier alpha value is -2.42. The molecule has 2 atom stereocenters. The molecular formula is C21H32N4O5. The van der Waals surface area contributed by atoms with Crippen LogP contribution < -0.4 is 10.6 Å². The summed E-state index contributed by atoms with van der Waals surface area (Å²) in [7, 11) is 0. The quantitative estimate of drug-likeness (QED) is 0.584. The van der Waals surface area contributed by atoms with Crippen molar-refractivity contribution in [2.75, 3.05) is 26.2 Å². The van der Waals surface area contributed by atoms with E-state index in [0.717, 1.165) is 38.8 Å². The van der Waals surface area contributed by atoms with Gasteiger partial charge >= 0.3 is 5.97 Å². The number of piperidine rings is 2. The highest BCUT2D eigenvalue weighted by atomic mass is 16.5. The minimum absolute atomic E-state index is 0.110. The third-order valence-electron chi connectivity index (χ3n) is 6.05. The maximum Gasteiger partial charge on any atom is 0.305 e. The molecule has 0 spiro atoms. The zero-order valence-electron chi connectivity index (χ0n) is 17.6. The number of aromatic nitrogens is 1. The summed E-state index contributed by atoms with van der Waals surface area (Å²) in [6.07, 6.45) is 4.82. The van der Waals surface area contributed by atoms with E-state index < -0.39 is 12.0 Å². The number of amides is 2. The zero-order chi connectivity index (χ0) is 21.5. The molecule has 2 saturated heterocycles. The first-order chi connectivity index (χ1) is 14.4. The van der Waals surface area contributed by atoms with Gasteiger partial charge in [-0.25, -0.2) is 0 Å². The molecule has 0 saturated carbocycles. The van der Waals surface area contributed by atoms with Gasteiger partial charge in [-0.1, -0.05) is 5.16 Å². The van der Waals surface area contributed by atoms with Crippen LogP contribution in [-0.2, 0) is 14.4 Å². The normalized spacial score (nSPS) is 21.2. The molecule has 2 fully saturated rings. The lowest BCUT2D eigenvalue weighted by Gasteiger charge is -2.33. The summed E-state index contributed by atoms with van der Waals surface area (Å²) in [6.45, 7) is 4.84. The van der Waals surface area contributed by atoms with Crippen LogP contribution in [0.5, 0.6) is 0 Å². The van der Waals surface area contributed by atoms with E-state index in [-0.39, 0.29) is 24.2 Å². The smallest absolute Gasteiger partial charge is 0.305 e. The molecule has 2 aliphatic rings. The Kier molecular flexibility index (Phi) is 7.84. The van der Waals surface area contributed by atoms with Crippen molar-refractivity contribution in [3.05, 3.63) is 17.5 Å². The van der Waals surface area contributed by atoms with Gasteiger partial charge in [0.05, 0.1) is 18.0 Å². The fourth-order valence-electron chi connectivity index (χ4n) is 4.31. The van der Waals surface area contributed by atoms with Crippen molar-refractivity contribution in [3.8, 4) is 0 Å². The summed E-state index contributed by atoms with van der Waals surface area (Å²) in [5.74, 6) is -0.588. The average Bonchev–Trinajstić information content (AvgIpc) is 3.18. The van der Waals surface area contributed by atoms with Crippen molar-refractivity contribution in [1.82, 2.24) is 20.7 Å². The molecule has 2 aliphatic heterocycles. The van der Waals surface area contributed by atoms with Gasteiger partial charge in [-0.3, -0.25) is 14.4 Å². The van der Waals surface area contributed by atoms with Crippen LogP contribution in [0.3, 0.4) is 0 Å². The molecule has 3 N–H and O–H groups in total. The van der Waals surface area contributed by atoms with E-state index in [2.05, 4.69) is 15.8 Å². The number of hydrogen-bond donors (Lipinski definition) is 3. The van der Waals surface area contributed by atoms with Gasteiger partial charge < -0.3 is 25.2 Å². The Morgan fingerprint density at radius 3 is 2.77 bits per heavy atom. The van der Waals surface area contributed by atoms with Crippen LogP contribution in [0.2, 0.25) is 0 Å². The summed E-state index contributed by atoms with van der Waals surface area (Å²) in [6, 6.07) is 0.855. The predicted molar refractivity (Wildman–Crippen MR) is 109 cm³/mol. The van der Waals surface area contributed by atoms with E-state index in [0.29, 0.717) is 43.3 Å². The molecule has 2 amide bonds. The molecule has 9 nitrogen and oxygen atoms in total. The second-order valence-corrected chi connectivity index (χ2v) is 8.44. The number of rotatable bonds is 8. The summed E-state index contributed by atoms with van der Waals surface area (Å²) in [5, 5.41) is 19.1. The van der Waals surface area contributed by atoms with E-state index >= 15 is 0 Å². The van der Waals surface area contributed by atoms with Crippen LogP contribution in [0.15, 0.2) is 10.6 Å². The Balaban J connectivity index is 1.53. The van der Waals surface area contributed by atoms with Gasteiger partial charge in [-0.2, -0.15) is 0 Å². The number of carbonyl (C=O) groups excluding carboxylic acids is 2. The van der Waals surface area contributed by atoms with Gasteiger partial charge in [0.25, 0.3) is 0 Å². The van der Waals surface area contributed by atoms with Crippen molar-refractivity contribution in [2.45, 2.75) is 57.9 Å². The first-order valence-electron chi connectivity index (χ1n) is 10.9. The first kappa shape index (κ1) is 22.3. The van der Waals surface area contributed by atoms with Gasteiger partial charge in [-0.15, -0.1) is 0 Å². The van der Waals surface area contributed by atoms with Crippen LogP contribution in [-0.4, -0.2) is 59.1 Å². The number of aliphatic carboxylic acids is 1. The molecule has 0 bridgehead atoms. The van der Waals surface area contributed by atoms with Gasteiger partial charge in [0.1, 0.15) is 6.04 Å². The molecule has 0 aromatic carbocycles. The van der Waals surface area contributed by atoms with Crippen LogP contribution >= 0.6 is 0 Å². The van der Waals surface area contributed by atoms with Gasteiger partial charge in [0.15, 0.2) is 5.76 Å². The fraction of sp³-hybridized carbons (Fsp3) is 0.714. The summed E-state index contributed by atoms with van der Waals surface area (Å²) in [5.41, 5.74) is 0.623. The topological polar surface area (TPSA) is 125 Å². The van der Waals surface area contributed by atoms with Crippen LogP contribution in [0.1, 0.15) is 62.4 Å². The van der Waals surface area contributed by atoms with Crippen LogP contribution in [0.4, 0.5) is 0 Å². The molecule has 0 radical (unpaired) electrons. The molecule has 9 heteroatoms. The molecule has 30 heavy (non-hydrogen) atoms. The maximum absolute atomic E-state index is 12.8. The third-order valence-corrected chi connectivity index (χ3v) is 6.05. The second-order valence-electron chi connectivity index (χ2n) is 8.44. The zero-order valence-corrected chi connectivity index (χ0v) is 17.6. The molecule has 1 aromatic heterocycles. The predicted octanol–water partition coefficient (Wildman–Crippen LogP) is 1.63. The van der Waals surface area contributed by atoms with Crippen molar-refractivity contribution >= 4 is 17.8 Å². The SMILES string of the molecule is Cc1cc([C@H](CC(=O)O)NC(=O)[C@@H]2CCCN(C(=O)CCC3CCNCC3)C2)on1. The number of aryl methyl sites for hydroxylation is 1. The maximum atomic E-state index is 12.8. The van der Waals surface area contributed by atoms with Gasteiger partial charge in [0, 0.05) is 25.6 Å². The number of likely N-dealkylation sites (tertiary alicyclic amines) is 1. The molecule has 1 aromatic rings. The highest BCUT2D eigenvalue weighted by Crippen LogP contribution is 2.23. The number of carboxylic acids is 1. The minimum atomic E-state index is -1.03. The number of nitrogens with zero attached hydrogens (tertiary/aromatic N) is 2. The molecule has 3 rings (SSSR count). The van der Waals surface area contributed by atoms with E-state index in [1.807, 2.05) is 0 Å². The molecule has 166 valence electrons. The standard InChI is InChI=1S/C21H32N4O5/c1-14-11-18(30-24-14)17(12-20(27)28)23-21(29)16-3-2-10-25(13-16)19(26)5-4-15-6-8-22-9-7-15/h11,15-17,22H,2-10,12-13H2,1H3,(H,23,29)(H,27,28)/t16-,17+/m1/s1. The van der Waals surface area contributed by atoms with Crippen molar-refractivity contribution in [1.29, 1.82) is 0 Å². The highest BCUT2D eigenvalue weighted by molar-refractivity contribution is 5.82.